The van der Waals surface area contributed by atoms with E-state index in [1.807, 2.05) is 0 Å². The van der Waals surface area contributed by atoms with Gasteiger partial charge in [-0.3, -0.25) is 4.79 Å². The average molecular weight is 364 g/mol. The van der Waals surface area contributed by atoms with Crippen LogP contribution >= 0.6 is 0 Å². The Labute approximate surface area is 147 Å². The van der Waals surface area contributed by atoms with Crippen molar-refractivity contribution in [1.29, 1.82) is 0 Å². The van der Waals surface area contributed by atoms with Gasteiger partial charge in [0, 0.05) is 6.54 Å². The summed E-state index contributed by atoms with van der Waals surface area (Å²) in [6.07, 6.45) is 0. The van der Waals surface area contributed by atoms with Crippen LogP contribution in [0.25, 0.3) is 0 Å². The molecular formula is C17H20N2O5S. The van der Waals surface area contributed by atoms with E-state index in [0.29, 0.717) is 17.1 Å². The smallest absolute Gasteiger partial charge is 0.258 e. The van der Waals surface area contributed by atoms with Gasteiger partial charge in [-0.2, -0.15) is 0 Å². The van der Waals surface area contributed by atoms with Gasteiger partial charge in [-0.1, -0.05) is 12.1 Å². The maximum absolute atomic E-state index is 11.9. The summed E-state index contributed by atoms with van der Waals surface area (Å²) in [6, 6.07) is 13.2. The number of rotatable bonds is 8. The van der Waals surface area contributed by atoms with E-state index in [0.717, 1.165) is 0 Å². The molecule has 0 fully saturated rings. The molecular weight excluding hydrogens is 344 g/mol. The molecule has 1 amide bonds. The van der Waals surface area contributed by atoms with E-state index in [2.05, 4.69) is 10.0 Å². The molecule has 134 valence electrons. The highest BCUT2D eigenvalue weighted by atomic mass is 32.2. The van der Waals surface area contributed by atoms with Crippen LogP contribution in [0.2, 0.25) is 0 Å². The molecule has 0 saturated carbocycles. The van der Waals surface area contributed by atoms with Crippen LogP contribution in [-0.2, 0) is 21.4 Å². The molecule has 0 bridgehead atoms. The molecule has 2 rings (SSSR count). The van der Waals surface area contributed by atoms with Crippen molar-refractivity contribution >= 4 is 15.9 Å². The third kappa shape index (κ3) is 5.47. The summed E-state index contributed by atoms with van der Waals surface area (Å²) in [6.45, 7) is 0.0682. The summed E-state index contributed by atoms with van der Waals surface area (Å²) in [4.78, 5) is 12.0. The lowest BCUT2D eigenvalue weighted by atomic mass is 10.2. The van der Waals surface area contributed by atoms with Crippen molar-refractivity contribution < 1.29 is 22.7 Å². The lowest BCUT2D eigenvalue weighted by molar-refractivity contribution is -0.123. The SMILES string of the molecule is CNS(=O)(=O)c1cccc(CNC(=O)COc2ccc(OC)cc2)c1. The van der Waals surface area contributed by atoms with Crippen LogP contribution in [0.1, 0.15) is 5.56 Å². The zero-order valence-electron chi connectivity index (χ0n) is 14.0. The number of hydrogen-bond donors (Lipinski definition) is 2. The number of sulfonamides is 1. The van der Waals surface area contributed by atoms with Crippen LogP contribution < -0.4 is 19.5 Å². The van der Waals surface area contributed by atoms with E-state index in [9.17, 15) is 13.2 Å². The molecule has 0 unspecified atom stereocenters. The molecule has 0 aliphatic carbocycles. The topological polar surface area (TPSA) is 93.7 Å². The molecule has 2 aromatic rings. The molecule has 2 N–H and O–H groups in total. The van der Waals surface area contributed by atoms with Gasteiger partial charge in [0.05, 0.1) is 12.0 Å². The van der Waals surface area contributed by atoms with Crippen molar-refractivity contribution in [2.24, 2.45) is 0 Å². The predicted molar refractivity (Wildman–Crippen MR) is 93.0 cm³/mol. The van der Waals surface area contributed by atoms with Crippen LogP contribution in [0.15, 0.2) is 53.4 Å². The van der Waals surface area contributed by atoms with Gasteiger partial charge in [-0.25, -0.2) is 13.1 Å². The summed E-state index contributed by atoms with van der Waals surface area (Å²) in [7, 11) is -0.592. The number of amides is 1. The van der Waals surface area contributed by atoms with Crippen LogP contribution in [-0.4, -0.2) is 35.1 Å². The predicted octanol–water partition coefficient (Wildman–Crippen LogP) is 1.30. The Bertz CT molecular complexity index is 819. The lowest BCUT2D eigenvalue weighted by Crippen LogP contribution is -2.28. The Morgan fingerprint density at radius 1 is 1.08 bits per heavy atom. The first kappa shape index (κ1) is 18.8. The van der Waals surface area contributed by atoms with E-state index < -0.39 is 10.0 Å². The van der Waals surface area contributed by atoms with Crippen LogP contribution in [0.5, 0.6) is 11.5 Å². The monoisotopic (exact) mass is 364 g/mol. The number of benzene rings is 2. The fourth-order valence-corrected chi connectivity index (χ4v) is 2.81. The molecule has 7 nitrogen and oxygen atoms in total. The second-order valence-electron chi connectivity index (χ2n) is 5.10. The molecule has 0 atom stereocenters. The first-order chi connectivity index (χ1) is 11.9. The van der Waals surface area contributed by atoms with Crippen LogP contribution in [0, 0.1) is 0 Å². The van der Waals surface area contributed by atoms with Gasteiger partial charge < -0.3 is 14.8 Å². The Morgan fingerprint density at radius 2 is 1.76 bits per heavy atom. The lowest BCUT2D eigenvalue weighted by Gasteiger charge is -2.09. The fourth-order valence-electron chi connectivity index (χ4n) is 2.01. The number of hydrogen-bond acceptors (Lipinski definition) is 5. The van der Waals surface area contributed by atoms with Crippen molar-refractivity contribution in [3.63, 3.8) is 0 Å². The molecule has 0 aliphatic rings. The summed E-state index contributed by atoms with van der Waals surface area (Å²) in [5.74, 6) is 0.948. The molecule has 25 heavy (non-hydrogen) atoms. The second kappa shape index (κ2) is 8.50. The van der Waals surface area contributed by atoms with Gasteiger partial charge in [-0.15, -0.1) is 0 Å². The zero-order valence-corrected chi connectivity index (χ0v) is 14.8. The number of nitrogens with one attached hydrogen (secondary N) is 2. The number of carbonyl (C=O) groups excluding carboxylic acids is 1. The largest absolute Gasteiger partial charge is 0.497 e. The standard InChI is InChI=1S/C17H20N2O5S/c1-18-25(21,22)16-5-3-4-13(10-16)11-19-17(20)12-24-15-8-6-14(23-2)7-9-15/h3-10,18H,11-12H2,1-2H3,(H,19,20). The molecule has 0 saturated heterocycles. The van der Waals surface area contributed by atoms with E-state index in [-0.39, 0.29) is 24.0 Å². The number of methoxy groups -OCH3 is 1. The van der Waals surface area contributed by atoms with Gasteiger partial charge >= 0.3 is 0 Å². The number of carbonyl (C=O) groups is 1. The maximum atomic E-state index is 11.9. The fraction of sp³-hybridized carbons (Fsp3) is 0.235. The number of ether oxygens (including phenoxy) is 2. The van der Waals surface area contributed by atoms with Gasteiger partial charge in [0.25, 0.3) is 5.91 Å². The Balaban J connectivity index is 1.86. The molecule has 0 radical (unpaired) electrons. The molecule has 8 heteroatoms. The van der Waals surface area contributed by atoms with Crippen molar-refractivity contribution in [1.82, 2.24) is 10.0 Å². The highest BCUT2D eigenvalue weighted by molar-refractivity contribution is 7.89. The molecule has 0 aromatic heterocycles. The van der Waals surface area contributed by atoms with E-state index in [4.69, 9.17) is 9.47 Å². The molecule has 2 aromatic carbocycles. The maximum Gasteiger partial charge on any atom is 0.258 e. The normalized spacial score (nSPS) is 11.0. The van der Waals surface area contributed by atoms with Gasteiger partial charge in [0.1, 0.15) is 11.5 Å². The van der Waals surface area contributed by atoms with Crippen molar-refractivity contribution in [2.45, 2.75) is 11.4 Å². The van der Waals surface area contributed by atoms with Crippen molar-refractivity contribution in [3.05, 3.63) is 54.1 Å². The highest BCUT2D eigenvalue weighted by Crippen LogP contribution is 2.16. The third-order valence-corrected chi connectivity index (χ3v) is 4.81. The van der Waals surface area contributed by atoms with Crippen LogP contribution in [0.4, 0.5) is 0 Å². The first-order valence-corrected chi connectivity index (χ1v) is 8.99. The molecule has 0 heterocycles. The third-order valence-electron chi connectivity index (χ3n) is 3.40. The summed E-state index contributed by atoms with van der Waals surface area (Å²) in [5, 5.41) is 2.68. The summed E-state index contributed by atoms with van der Waals surface area (Å²) >= 11 is 0. The molecule has 0 spiro atoms. The van der Waals surface area contributed by atoms with E-state index >= 15 is 0 Å². The summed E-state index contributed by atoms with van der Waals surface area (Å²) in [5.41, 5.74) is 0.675. The van der Waals surface area contributed by atoms with Gasteiger partial charge in [-0.05, 0) is 49.0 Å². The minimum absolute atomic E-state index is 0.138. The van der Waals surface area contributed by atoms with Crippen molar-refractivity contribution in [2.75, 3.05) is 20.8 Å². The van der Waals surface area contributed by atoms with E-state index in [1.165, 1.54) is 19.2 Å². The summed E-state index contributed by atoms with van der Waals surface area (Å²) < 4.78 is 36.2. The first-order valence-electron chi connectivity index (χ1n) is 7.50. The highest BCUT2D eigenvalue weighted by Gasteiger charge is 2.11. The van der Waals surface area contributed by atoms with Gasteiger partial charge in [0.15, 0.2) is 6.61 Å². The zero-order chi connectivity index (χ0) is 18.3. The second-order valence-corrected chi connectivity index (χ2v) is 6.98. The minimum atomic E-state index is -3.51. The Kier molecular flexibility index (Phi) is 6.37. The van der Waals surface area contributed by atoms with E-state index in [1.54, 1.807) is 43.5 Å². The Hall–Kier alpha value is -2.58. The quantitative estimate of drug-likeness (QED) is 0.736. The van der Waals surface area contributed by atoms with Crippen LogP contribution in [0.3, 0.4) is 0 Å². The minimum Gasteiger partial charge on any atom is -0.497 e. The molecule has 0 aliphatic heterocycles. The van der Waals surface area contributed by atoms with Gasteiger partial charge in [0.2, 0.25) is 10.0 Å². The van der Waals surface area contributed by atoms with Crippen molar-refractivity contribution in [3.8, 4) is 11.5 Å². The Morgan fingerprint density at radius 3 is 2.40 bits per heavy atom. The average Bonchev–Trinajstić information content (AvgIpc) is 2.65.